The SMILES string of the molecule is COC1(C)CCCN(c2nccnc2C(N)=S)C1. The average molecular weight is 266 g/mol. The van der Waals surface area contributed by atoms with Gasteiger partial charge in [0.25, 0.3) is 0 Å². The van der Waals surface area contributed by atoms with Gasteiger partial charge in [0.15, 0.2) is 5.82 Å². The number of aromatic nitrogens is 2. The van der Waals surface area contributed by atoms with Crippen LogP contribution in [0.5, 0.6) is 0 Å². The number of nitrogens with zero attached hydrogens (tertiary/aromatic N) is 3. The standard InChI is InChI=1S/C12H18N4OS/c1-12(17-2)4-3-7-16(8-12)11-9(10(13)18)14-5-6-15-11/h5-6H,3-4,7-8H2,1-2H3,(H2,13,18). The van der Waals surface area contributed by atoms with Gasteiger partial charge in [0, 0.05) is 32.6 Å². The third kappa shape index (κ3) is 2.59. The molecule has 1 aliphatic heterocycles. The molecule has 0 spiro atoms. The second-order valence-electron chi connectivity index (χ2n) is 4.77. The smallest absolute Gasteiger partial charge is 0.157 e. The number of hydrogen-bond acceptors (Lipinski definition) is 5. The number of piperidine rings is 1. The second kappa shape index (κ2) is 5.16. The molecule has 2 N–H and O–H groups in total. The number of anilines is 1. The highest BCUT2D eigenvalue weighted by molar-refractivity contribution is 7.80. The topological polar surface area (TPSA) is 64.3 Å². The lowest BCUT2D eigenvalue weighted by Gasteiger charge is -2.40. The zero-order valence-electron chi connectivity index (χ0n) is 10.7. The minimum atomic E-state index is -0.150. The molecule has 1 aromatic heterocycles. The van der Waals surface area contributed by atoms with Crippen molar-refractivity contribution in [3.63, 3.8) is 0 Å². The Morgan fingerprint density at radius 2 is 2.22 bits per heavy atom. The van der Waals surface area contributed by atoms with Gasteiger partial charge in [-0.05, 0) is 19.8 Å². The molecule has 0 aromatic carbocycles. The highest BCUT2D eigenvalue weighted by Gasteiger charge is 2.32. The fourth-order valence-corrected chi connectivity index (χ4v) is 2.43. The van der Waals surface area contributed by atoms with Gasteiger partial charge in [0.1, 0.15) is 10.7 Å². The predicted molar refractivity (Wildman–Crippen MR) is 74.8 cm³/mol. The lowest BCUT2D eigenvalue weighted by molar-refractivity contribution is -0.00483. The Kier molecular flexibility index (Phi) is 3.77. The Balaban J connectivity index is 2.29. The first kappa shape index (κ1) is 13.2. The van der Waals surface area contributed by atoms with E-state index < -0.39 is 0 Å². The van der Waals surface area contributed by atoms with Gasteiger partial charge in [0.2, 0.25) is 0 Å². The summed E-state index contributed by atoms with van der Waals surface area (Å²) in [7, 11) is 1.74. The Bertz CT molecular complexity index is 453. The minimum absolute atomic E-state index is 0.150. The van der Waals surface area contributed by atoms with Crippen LogP contribution in [0.3, 0.4) is 0 Å². The van der Waals surface area contributed by atoms with Crippen LogP contribution >= 0.6 is 12.2 Å². The highest BCUT2D eigenvalue weighted by atomic mass is 32.1. The van der Waals surface area contributed by atoms with Gasteiger partial charge in [-0.25, -0.2) is 9.97 Å². The minimum Gasteiger partial charge on any atom is -0.388 e. The van der Waals surface area contributed by atoms with Crippen molar-refractivity contribution in [2.75, 3.05) is 25.1 Å². The first-order valence-electron chi connectivity index (χ1n) is 5.97. The molecule has 1 aromatic rings. The van der Waals surface area contributed by atoms with Crippen LogP contribution in [0, 0.1) is 0 Å². The zero-order valence-corrected chi connectivity index (χ0v) is 11.5. The van der Waals surface area contributed by atoms with Gasteiger partial charge < -0.3 is 15.4 Å². The van der Waals surface area contributed by atoms with Crippen molar-refractivity contribution in [1.29, 1.82) is 0 Å². The monoisotopic (exact) mass is 266 g/mol. The second-order valence-corrected chi connectivity index (χ2v) is 5.21. The Morgan fingerprint density at radius 1 is 1.50 bits per heavy atom. The largest absolute Gasteiger partial charge is 0.388 e. The van der Waals surface area contributed by atoms with E-state index >= 15 is 0 Å². The number of thiocarbonyl (C=S) groups is 1. The van der Waals surface area contributed by atoms with E-state index in [1.807, 2.05) is 0 Å². The first-order chi connectivity index (χ1) is 8.56. The first-order valence-corrected chi connectivity index (χ1v) is 6.37. The molecule has 0 aliphatic carbocycles. The average Bonchev–Trinajstić information content (AvgIpc) is 2.39. The fourth-order valence-electron chi connectivity index (χ4n) is 2.29. The van der Waals surface area contributed by atoms with E-state index in [1.165, 1.54) is 0 Å². The molecule has 1 aliphatic rings. The van der Waals surface area contributed by atoms with Crippen LogP contribution in [0.2, 0.25) is 0 Å². The molecule has 2 rings (SSSR count). The number of methoxy groups -OCH3 is 1. The number of ether oxygens (including phenoxy) is 1. The fraction of sp³-hybridized carbons (Fsp3) is 0.583. The van der Waals surface area contributed by atoms with Crippen LogP contribution in [-0.4, -0.2) is 40.8 Å². The van der Waals surface area contributed by atoms with Crippen molar-refractivity contribution in [3.8, 4) is 0 Å². The van der Waals surface area contributed by atoms with Gasteiger partial charge in [-0.3, -0.25) is 0 Å². The summed E-state index contributed by atoms with van der Waals surface area (Å²) in [6.45, 7) is 3.81. The molecule has 98 valence electrons. The van der Waals surface area contributed by atoms with Gasteiger partial charge in [0.05, 0.1) is 5.60 Å². The van der Waals surface area contributed by atoms with Gasteiger partial charge in [-0.1, -0.05) is 12.2 Å². The molecule has 1 unspecified atom stereocenters. The van der Waals surface area contributed by atoms with Crippen LogP contribution in [0.1, 0.15) is 25.5 Å². The summed E-state index contributed by atoms with van der Waals surface area (Å²) >= 11 is 5.02. The predicted octanol–water partition coefficient (Wildman–Crippen LogP) is 1.12. The van der Waals surface area contributed by atoms with Crippen molar-refractivity contribution in [2.45, 2.75) is 25.4 Å². The summed E-state index contributed by atoms with van der Waals surface area (Å²) in [6.07, 6.45) is 5.37. The van der Waals surface area contributed by atoms with E-state index in [2.05, 4.69) is 21.8 Å². The molecule has 1 atom stereocenters. The number of nitrogens with two attached hydrogens (primary N) is 1. The molecular weight excluding hydrogens is 248 g/mol. The van der Waals surface area contributed by atoms with Crippen molar-refractivity contribution >= 4 is 23.0 Å². The molecule has 0 amide bonds. The molecule has 2 heterocycles. The van der Waals surface area contributed by atoms with Crippen molar-refractivity contribution in [3.05, 3.63) is 18.1 Å². The van der Waals surface area contributed by atoms with Crippen LogP contribution in [0.25, 0.3) is 0 Å². The molecule has 1 fully saturated rings. The van der Waals surface area contributed by atoms with Gasteiger partial charge in [-0.15, -0.1) is 0 Å². The number of hydrogen-bond donors (Lipinski definition) is 1. The summed E-state index contributed by atoms with van der Waals surface area (Å²) in [6, 6.07) is 0. The summed E-state index contributed by atoms with van der Waals surface area (Å²) in [5, 5.41) is 0. The van der Waals surface area contributed by atoms with E-state index in [4.69, 9.17) is 22.7 Å². The third-order valence-corrected chi connectivity index (χ3v) is 3.56. The quantitative estimate of drug-likeness (QED) is 0.827. The molecule has 1 saturated heterocycles. The molecule has 0 bridgehead atoms. The van der Waals surface area contributed by atoms with E-state index in [0.29, 0.717) is 5.69 Å². The van der Waals surface area contributed by atoms with Crippen molar-refractivity contribution in [1.82, 2.24) is 9.97 Å². The van der Waals surface area contributed by atoms with Crippen molar-refractivity contribution in [2.24, 2.45) is 5.73 Å². The molecule has 5 nitrogen and oxygen atoms in total. The van der Waals surface area contributed by atoms with E-state index in [9.17, 15) is 0 Å². The lowest BCUT2D eigenvalue weighted by Crippen LogP contribution is -2.48. The zero-order chi connectivity index (χ0) is 13.2. The van der Waals surface area contributed by atoms with Crippen LogP contribution < -0.4 is 10.6 Å². The van der Waals surface area contributed by atoms with Crippen LogP contribution in [0.15, 0.2) is 12.4 Å². The van der Waals surface area contributed by atoms with E-state index in [1.54, 1.807) is 19.5 Å². The molecule has 0 radical (unpaired) electrons. The van der Waals surface area contributed by atoms with Gasteiger partial charge in [-0.2, -0.15) is 0 Å². The maximum Gasteiger partial charge on any atom is 0.157 e. The van der Waals surface area contributed by atoms with E-state index in [0.717, 1.165) is 31.7 Å². The summed E-state index contributed by atoms with van der Waals surface area (Å²) in [5.74, 6) is 0.757. The third-order valence-electron chi connectivity index (χ3n) is 3.36. The highest BCUT2D eigenvalue weighted by Crippen LogP contribution is 2.28. The Morgan fingerprint density at radius 3 is 2.89 bits per heavy atom. The molecule has 18 heavy (non-hydrogen) atoms. The number of rotatable bonds is 3. The summed E-state index contributed by atoms with van der Waals surface area (Å²) < 4.78 is 5.58. The Labute approximate surface area is 112 Å². The molecule has 0 saturated carbocycles. The maximum atomic E-state index is 5.69. The molecule has 6 heteroatoms. The Hall–Kier alpha value is -1.27. The maximum absolute atomic E-state index is 5.69. The van der Waals surface area contributed by atoms with Crippen LogP contribution in [0.4, 0.5) is 5.82 Å². The summed E-state index contributed by atoms with van der Waals surface area (Å²) in [4.78, 5) is 11.0. The lowest BCUT2D eigenvalue weighted by atomic mass is 9.94. The summed E-state index contributed by atoms with van der Waals surface area (Å²) in [5.41, 5.74) is 6.13. The van der Waals surface area contributed by atoms with Gasteiger partial charge >= 0.3 is 0 Å². The van der Waals surface area contributed by atoms with E-state index in [-0.39, 0.29) is 10.6 Å². The van der Waals surface area contributed by atoms with Crippen LogP contribution in [-0.2, 0) is 4.74 Å². The molecular formula is C12H18N4OS. The normalized spacial score (nSPS) is 24.0. The van der Waals surface area contributed by atoms with Crippen molar-refractivity contribution < 1.29 is 4.74 Å².